The van der Waals surface area contributed by atoms with Gasteiger partial charge >= 0.3 is 0 Å². The first-order chi connectivity index (χ1) is 6.24. The average molecular weight is 204 g/mol. The highest BCUT2D eigenvalue weighted by molar-refractivity contribution is 6.31. The van der Waals surface area contributed by atoms with E-state index in [4.69, 9.17) is 22.1 Å². The van der Waals surface area contributed by atoms with Gasteiger partial charge in [0.25, 0.3) is 0 Å². The Bertz CT molecular complexity index is 242. The number of halogens is 1. The van der Waals surface area contributed by atoms with Crippen LogP contribution >= 0.6 is 11.6 Å². The Labute approximate surface area is 82.6 Å². The topological polar surface area (TPSA) is 53.1 Å². The number of hydrogen-bond donors (Lipinski definition) is 1. The molecule has 13 heavy (non-hydrogen) atoms. The van der Waals surface area contributed by atoms with Gasteiger partial charge in [-0.3, -0.25) is 4.68 Å². The Kier molecular flexibility index (Phi) is 4.21. The zero-order valence-corrected chi connectivity index (χ0v) is 8.42. The van der Waals surface area contributed by atoms with Crippen molar-refractivity contribution >= 4 is 11.6 Å². The van der Waals surface area contributed by atoms with E-state index in [0.717, 1.165) is 5.69 Å². The first-order valence-electron chi connectivity index (χ1n) is 4.21. The SMILES string of the molecule is Cc1nn(CCOCCN)cc1Cl. The average Bonchev–Trinajstić information content (AvgIpc) is 2.41. The number of ether oxygens (including phenoxy) is 1. The van der Waals surface area contributed by atoms with E-state index in [1.165, 1.54) is 0 Å². The van der Waals surface area contributed by atoms with Crippen molar-refractivity contribution in [3.63, 3.8) is 0 Å². The summed E-state index contributed by atoms with van der Waals surface area (Å²) in [5, 5.41) is 4.87. The van der Waals surface area contributed by atoms with Gasteiger partial charge in [-0.25, -0.2) is 0 Å². The van der Waals surface area contributed by atoms with Gasteiger partial charge in [-0.1, -0.05) is 11.6 Å². The van der Waals surface area contributed by atoms with E-state index in [2.05, 4.69) is 5.10 Å². The van der Waals surface area contributed by atoms with E-state index in [1.807, 2.05) is 6.92 Å². The monoisotopic (exact) mass is 203 g/mol. The fourth-order valence-electron chi connectivity index (χ4n) is 0.952. The molecule has 0 saturated carbocycles. The van der Waals surface area contributed by atoms with Gasteiger partial charge in [0, 0.05) is 12.7 Å². The molecule has 2 N–H and O–H groups in total. The molecule has 0 fully saturated rings. The Hall–Kier alpha value is -0.580. The molecular formula is C8H14ClN3O. The molecule has 0 aromatic carbocycles. The fraction of sp³-hybridized carbons (Fsp3) is 0.625. The molecule has 0 aliphatic carbocycles. The second-order valence-electron chi connectivity index (χ2n) is 2.73. The molecule has 0 bridgehead atoms. The Morgan fingerprint density at radius 2 is 2.38 bits per heavy atom. The maximum absolute atomic E-state index is 5.83. The summed E-state index contributed by atoms with van der Waals surface area (Å²) >= 11 is 5.83. The third-order valence-electron chi connectivity index (χ3n) is 1.61. The highest BCUT2D eigenvalue weighted by Crippen LogP contribution is 2.11. The van der Waals surface area contributed by atoms with Gasteiger partial charge in [0.15, 0.2) is 0 Å². The van der Waals surface area contributed by atoms with Crippen molar-refractivity contribution in [1.29, 1.82) is 0 Å². The van der Waals surface area contributed by atoms with Crippen molar-refractivity contribution in [2.45, 2.75) is 13.5 Å². The largest absolute Gasteiger partial charge is 0.378 e. The Morgan fingerprint density at radius 1 is 1.62 bits per heavy atom. The first-order valence-corrected chi connectivity index (χ1v) is 4.59. The normalized spacial score (nSPS) is 10.7. The number of nitrogens with zero attached hydrogens (tertiary/aromatic N) is 2. The molecule has 4 nitrogen and oxygen atoms in total. The predicted molar refractivity (Wildman–Crippen MR) is 51.8 cm³/mol. The van der Waals surface area contributed by atoms with Crippen molar-refractivity contribution in [1.82, 2.24) is 9.78 Å². The summed E-state index contributed by atoms with van der Waals surface area (Å²) in [5.74, 6) is 0. The lowest BCUT2D eigenvalue weighted by molar-refractivity contribution is 0.130. The predicted octanol–water partition coefficient (Wildman–Crippen LogP) is 0.820. The van der Waals surface area contributed by atoms with E-state index in [-0.39, 0.29) is 0 Å². The lowest BCUT2D eigenvalue weighted by Gasteiger charge is -2.01. The molecule has 1 aromatic heterocycles. The third-order valence-corrected chi connectivity index (χ3v) is 1.98. The minimum absolute atomic E-state index is 0.554. The number of rotatable bonds is 5. The number of hydrogen-bond acceptors (Lipinski definition) is 3. The number of aromatic nitrogens is 2. The van der Waals surface area contributed by atoms with Gasteiger partial charge in [0.2, 0.25) is 0 Å². The van der Waals surface area contributed by atoms with Crippen molar-refractivity contribution in [2.75, 3.05) is 19.8 Å². The zero-order chi connectivity index (χ0) is 9.68. The van der Waals surface area contributed by atoms with Crippen LogP contribution in [0.5, 0.6) is 0 Å². The smallest absolute Gasteiger partial charge is 0.0814 e. The molecule has 0 atom stereocenters. The van der Waals surface area contributed by atoms with Crippen LogP contribution in [0, 0.1) is 6.92 Å². The number of nitrogens with two attached hydrogens (primary N) is 1. The van der Waals surface area contributed by atoms with Crippen LogP contribution in [0.25, 0.3) is 0 Å². The summed E-state index contributed by atoms with van der Waals surface area (Å²) in [7, 11) is 0. The van der Waals surface area contributed by atoms with Crippen LogP contribution in [0.1, 0.15) is 5.69 Å². The summed E-state index contributed by atoms with van der Waals surface area (Å²) in [6.07, 6.45) is 1.79. The number of aryl methyl sites for hydroxylation is 1. The van der Waals surface area contributed by atoms with Crippen LogP contribution in [0.2, 0.25) is 5.02 Å². The standard InChI is InChI=1S/C8H14ClN3O/c1-7-8(9)6-12(11-7)3-5-13-4-2-10/h6H,2-5,10H2,1H3. The highest BCUT2D eigenvalue weighted by atomic mass is 35.5. The summed E-state index contributed by atoms with van der Waals surface area (Å²) in [6.45, 7) is 4.36. The van der Waals surface area contributed by atoms with Crippen molar-refractivity contribution in [3.8, 4) is 0 Å². The molecule has 0 saturated heterocycles. The van der Waals surface area contributed by atoms with E-state index in [0.29, 0.717) is 31.3 Å². The summed E-state index contributed by atoms with van der Waals surface area (Å²) < 4.78 is 6.98. The molecule has 1 heterocycles. The summed E-state index contributed by atoms with van der Waals surface area (Å²) in [5.41, 5.74) is 6.12. The third kappa shape index (κ3) is 3.34. The second-order valence-corrected chi connectivity index (χ2v) is 3.13. The fourth-order valence-corrected chi connectivity index (χ4v) is 1.10. The summed E-state index contributed by atoms with van der Waals surface area (Å²) in [4.78, 5) is 0. The lowest BCUT2D eigenvalue weighted by atomic mass is 10.5. The van der Waals surface area contributed by atoms with Crippen molar-refractivity contribution in [2.24, 2.45) is 5.73 Å². The molecule has 1 aromatic rings. The van der Waals surface area contributed by atoms with Gasteiger partial charge in [0.1, 0.15) is 0 Å². The van der Waals surface area contributed by atoms with E-state index in [1.54, 1.807) is 10.9 Å². The van der Waals surface area contributed by atoms with Crippen molar-refractivity contribution in [3.05, 3.63) is 16.9 Å². The van der Waals surface area contributed by atoms with Gasteiger partial charge in [0.05, 0.1) is 30.5 Å². The van der Waals surface area contributed by atoms with Crippen LogP contribution in [0.15, 0.2) is 6.20 Å². The molecule has 0 radical (unpaired) electrons. The van der Waals surface area contributed by atoms with Crippen LogP contribution in [0.3, 0.4) is 0 Å². The minimum atomic E-state index is 0.554. The van der Waals surface area contributed by atoms with E-state index >= 15 is 0 Å². The summed E-state index contributed by atoms with van der Waals surface area (Å²) in [6, 6.07) is 0. The maximum Gasteiger partial charge on any atom is 0.0814 e. The molecule has 5 heteroatoms. The van der Waals surface area contributed by atoms with Gasteiger partial charge in [-0.2, -0.15) is 5.10 Å². The molecule has 0 unspecified atom stereocenters. The highest BCUT2D eigenvalue weighted by Gasteiger charge is 2.00. The zero-order valence-electron chi connectivity index (χ0n) is 7.66. The molecular weight excluding hydrogens is 190 g/mol. The Morgan fingerprint density at radius 3 is 2.92 bits per heavy atom. The van der Waals surface area contributed by atoms with Crippen LogP contribution < -0.4 is 5.73 Å². The molecule has 1 rings (SSSR count). The first kappa shape index (κ1) is 10.5. The van der Waals surface area contributed by atoms with Crippen LogP contribution in [0.4, 0.5) is 0 Å². The van der Waals surface area contributed by atoms with Gasteiger partial charge in [-0.15, -0.1) is 0 Å². The van der Waals surface area contributed by atoms with Gasteiger partial charge < -0.3 is 10.5 Å². The molecule has 0 spiro atoms. The second kappa shape index (κ2) is 5.21. The molecule has 0 amide bonds. The Balaban J connectivity index is 2.29. The van der Waals surface area contributed by atoms with Crippen LogP contribution in [-0.4, -0.2) is 29.5 Å². The van der Waals surface area contributed by atoms with Gasteiger partial charge in [-0.05, 0) is 6.92 Å². The molecule has 0 aliphatic heterocycles. The van der Waals surface area contributed by atoms with E-state index in [9.17, 15) is 0 Å². The quantitative estimate of drug-likeness (QED) is 0.721. The molecule has 0 aliphatic rings. The van der Waals surface area contributed by atoms with E-state index < -0.39 is 0 Å². The molecule has 74 valence electrons. The lowest BCUT2D eigenvalue weighted by Crippen LogP contribution is -2.12. The minimum Gasteiger partial charge on any atom is -0.378 e. The van der Waals surface area contributed by atoms with Crippen LogP contribution in [-0.2, 0) is 11.3 Å². The maximum atomic E-state index is 5.83. The van der Waals surface area contributed by atoms with Crippen molar-refractivity contribution < 1.29 is 4.74 Å².